The van der Waals surface area contributed by atoms with Crippen molar-refractivity contribution in [1.82, 2.24) is 14.8 Å². The third kappa shape index (κ3) is 3.70. The molecule has 39 heavy (non-hydrogen) atoms. The maximum absolute atomic E-state index is 14.0. The minimum atomic E-state index is -0.413. The maximum atomic E-state index is 14.0. The molecule has 0 unspecified atom stereocenters. The van der Waals surface area contributed by atoms with Crippen LogP contribution in [0, 0.1) is 18.6 Å². The number of hydrogen-bond donors (Lipinski definition) is 0. The second-order valence-electron chi connectivity index (χ2n) is 9.22. The number of ether oxygens (including phenoxy) is 1. The lowest BCUT2D eigenvalue weighted by Crippen LogP contribution is -2.22. The second-order valence-corrected chi connectivity index (χ2v) is 9.22. The topological polar surface area (TPSA) is 72.6 Å². The van der Waals surface area contributed by atoms with Crippen molar-refractivity contribution >= 4 is 33.8 Å². The molecule has 3 aromatic carbocycles. The molecule has 0 atom stereocenters. The summed E-state index contributed by atoms with van der Waals surface area (Å²) in [6, 6.07) is 23.0. The Morgan fingerprint density at radius 1 is 0.821 bits per heavy atom. The van der Waals surface area contributed by atoms with Gasteiger partial charge in [-0.05, 0) is 67.6 Å². The van der Waals surface area contributed by atoms with Crippen LogP contribution in [0.3, 0.4) is 0 Å². The molecule has 0 fully saturated rings. The fourth-order valence-electron chi connectivity index (χ4n) is 4.96. The smallest absolute Gasteiger partial charge is 0.281 e. The summed E-state index contributed by atoms with van der Waals surface area (Å²) in [5.74, 6) is -0.765. The van der Waals surface area contributed by atoms with Crippen LogP contribution >= 0.6 is 0 Å². The number of pyridine rings is 1. The number of fused-ring (bicyclic) bond motifs is 3. The van der Waals surface area contributed by atoms with Crippen molar-refractivity contribution in [3.63, 3.8) is 0 Å². The van der Waals surface area contributed by atoms with Crippen LogP contribution in [-0.2, 0) is 4.79 Å². The molecule has 7 rings (SSSR count). The molecule has 190 valence electrons. The standard InChI is InChI=1S/C30H19F2N5O2/c1-17-26-27(24-15-6-18-4-2-3-5-23(18)33-24)28-25(35-36(29(28)38)21-11-7-19(31)8-12-21)16-39-30(26)37(34-17)22-13-9-20(32)10-14-22/h2-15H,16H2,1H3. The van der Waals surface area contributed by atoms with Crippen molar-refractivity contribution < 1.29 is 18.3 Å². The average Bonchev–Trinajstić information content (AvgIpc) is 3.38. The Kier molecular flexibility index (Phi) is 5.12. The summed E-state index contributed by atoms with van der Waals surface area (Å²) in [6.07, 6.45) is 0. The fourth-order valence-corrected chi connectivity index (χ4v) is 4.96. The molecule has 0 saturated heterocycles. The zero-order valence-corrected chi connectivity index (χ0v) is 20.6. The molecule has 2 aliphatic heterocycles. The van der Waals surface area contributed by atoms with Gasteiger partial charge in [0.05, 0.1) is 39.4 Å². The van der Waals surface area contributed by atoms with E-state index in [9.17, 15) is 13.6 Å². The van der Waals surface area contributed by atoms with Gasteiger partial charge in [0.15, 0.2) is 0 Å². The van der Waals surface area contributed by atoms with Crippen LogP contribution in [0.15, 0.2) is 95.6 Å². The molecule has 0 saturated carbocycles. The molecule has 0 radical (unpaired) electrons. The summed E-state index contributed by atoms with van der Waals surface area (Å²) in [7, 11) is 0. The van der Waals surface area contributed by atoms with Crippen molar-refractivity contribution in [2.45, 2.75) is 6.92 Å². The van der Waals surface area contributed by atoms with Crippen LogP contribution in [0.4, 0.5) is 14.5 Å². The Morgan fingerprint density at radius 2 is 1.51 bits per heavy atom. The van der Waals surface area contributed by atoms with E-state index in [1.54, 1.807) is 16.8 Å². The van der Waals surface area contributed by atoms with Crippen LogP contribution in [0.1, 0.15) is 17.0 Å². The average molecular weight is 520 g/mol. The van der Waals surface area contributed by atoms with Gasteiger partial charge >= 0.3 is 0 Å². The highest BCUT2D eigenvalue weighted by molar-refractivity contribution is 6.36. The van der Waals surface area contributed by atoms with Gasteiger partial charge in [-0.2, -0.15) is 15.2 Å². The van der Waals surface area contributed by atoms with Crippen molar-refractivity contribution in [1.29, 1.82) is 0 Å². The molecule has 0 bridgehead atoms. The second kappa shape index (κ2) is 8.70. The number of nitrogens with zero attached hydrogens (tertiary/aromatic N) is 5. The van der Waals surface area contributed by atoms with Crippen molar-refractivity contribution in [2.24, 2.45) is 5.10 Å². The summed E-state index contributed by atoms with van der Waals surface area (Å²) in [5, 5.41) is 11.5. The van der Waals surface area contributed by atoms with E-state index < -0.39 is 5.82 Å². The van der Waals surface area contributed by atoms with Gasteiger partial charge in [0, 0.05) is 11.0 Å². The first-order chi connectivity index (χ1) is 19.0. The molecule has 2 aromatic heterocycles. The Hall–Kier alpha value is -5.18. The number of para-hydroxylation sites is 1. The molecule has 0 N–H and O–H groups in total. The highest BCUT2D eigenvalue weighted by Gasteiger charge is 2.40. The van der Waals surface area contributed by atoms with Gasteiger partial charge in [0.2, 0.25) is 5.88 Å². The third-order valence-corrected chi connectivity index (χ3v) is 6.78. The van der Waals surface area contributed by atoms with E-state index >= 15 is 0 Å². The molecular weight excluding hydrogens is 500 g/mol. The number of halogens is 2. The number of benzene rings is 3. The first-order valence-corrected chi connectivity index (χ1v) is 12.2. The quantitative estimate of drug-likeness (QED) is 0.311. The van der Waals surface area contributed by atoms with Crippen LogP contribution < -0.4 is 9.75 Å². The van der Waals surface area contributed by atoms with Crippen LogP contribution in [0.2, 0.25) is 0 Å². The summed E-state index contributed by atoms with van der Waals surface area (Å²) in [5.41, 5.74) is 4.82. The minimum Gasteiger partial charge on any atom is -0.471 e. The molecular formula is C30H19F2N5O2. The normalized spacial score (nSPS) is 14.7. The first kappa shape index (κ1) is 23.0. The monoisotopic (exact) mass is 519 g/mol. The van der Waals surface area contributed by atoms with Crippen LogP contribution in [0.25, 0.3) is 22.2 Å². The fraction of sp³-hybridized carbons (Fsp3) is 0.0667. The van der Waals surface area contributed by atoms with E-state index in [4.69, 9.17) is 14.8 Å². The predicted octanol–water partition coefficient (Wildman–Crippen LogP) is 5.60. The maximum Gasteiger partial charge on any atom is 0.281 e. The molecule has 1 amide bonds. The molecule has 5 aromatic rings. The number of amides is 1. The summed E-state index contributed by atoms with van der Waals surface area (Å²) < 4.78 is 35.1. The predicted molar refractivity (Wildman–Crippen MR) is 143 cm³/mol. The lowest BCUT2D eigenvalue weighted by Gasteiger charge is -2.14. The van der Waals surface area contributed by atoms with Gasteiger partial charge in [-0.15, -0.1) is 0 Å². The molecule has 7 nitrogen and oxygen atoms in total. The van der Waals surface area contributed by atoms with Crippen molar-refractivity contribution in [2.75, 3.05) is 11.6 Å². The number of aryl methyl sites for hydroxylation is 1. The van der Waals surface area contributed by atoms with Gasteiger partial charge in [-0.1, -0.05) is 24.3 Å². The molecule has 2 aliphatic rings. The van der Waals surface area contributed by atoms with Crippen molar-refractivity contribution in [3.8, 4) is 11.6 Å². The summed E-state index contributed by atoms with van der Waals surface area (Å²) in [4.78, 5) is 18.9. The van der Waals surface area contributed by atoms with E-state index in [2.05, 4.69) is 5.10 Å². The zero-order valence-electron chi connectivity index (χ0n) is 20.6. The highest BCUT2D eigenvalue weighted by atomic mass is 19.1. The Labute approximate surface area is 221 Å². The Bertz CT molecular complexity index is 1860. The number of hydrogen-bond acceptors (Lipinski definition) is 5. The van der Waals surface area contributed by atoms with E-state index in [1.165, 1.54) is 41.4 Å². The van der Waals surface area contributed by atoms with E-state index in [1.807, 2.05) is 43.3 Å². The molecule has 0 aliphatic carbocycles. The largest absolute Gasteiger partial charge is 0.471 e. The van der Waals surface area contributed by atoms with E-state index in [-0.39, 0.29) is 18.3 Å². The number of rotatable bonds is 3. The Balaban J connectivity index is 1.48. The van der Waals surface area contributed by atoms with E-state index in [0.29, 0.717) is 51.1 Å². The SMILES string of the molecule is Cc1nn(-c2ccc(F)cc2)c2c1C(c1ccc3ccccc3n1)=C1C(=O)N(c3ccc(F)cc3)N=C1CO2. The first-order valence-electron chi connectivity index (χ1n) is 12.2. The summed E-state index contributed by atoms with van der Waals surface area (Å²) >= 11 is 0. The highest BCUT2D eigenvalue weighted by Crippen LogP contribution is 2.42. The van der Waals surface area contributed by atoms with Gasteiger partial charge in [-0.25, -0.2) is 18.4 Å². The Morgan fingerprint density at radius 3 is 2.26 bits per heavy atom. The van der Waals surface area contributed by atoms with Gasteiger partial charge < -0.3 is 4.74 Å². The number of carbonyl (C=O) groups excluding carboxylic acids is 1. The third-order valence-electron chi connectivity index (χ3n) is 6.78. The lowest BCUT2D eigenvalue weighted by atomic mass is 9.94. The molecule has 0 spiro atoms. The number of anilines is 1. The summed E-state index contributed by atoms with van der Waals surface area (Å²) in [6.45, 7) is 1.80. The molecule has 4 heterocycles. The van der Waals surface area contributed by atoms with E-state index in [0.717, 1.165) is 10.9 Å². The lowest BCUT2D eigenvalue weighted by molar-refractivity contribution is -0.114. The zero-order chi connectivity index (χ0) is 26.7. The van der Waals surface area contributed by atoms with Crippen molar-refractivity contribution in [3.05, 3.63) is 119 Å². The van der Waals surface area contributed by atoms with Gasteiger partial charge in [0.1, 0.15) is 24.0 Å². The number of aromatic nitrogens is 3. The van der Waals surface area contributed by atoms with Crippen LogP contribution in [-0.4, -0.2) is 33.0 Å². The van der Waals surface area contributed by atoms with Gasteiger partial charge in [-0.3, -0.25) is 4.79 Å². The number of carbonyl (C=O) groups is 1. The minimum absolute atomic E-state index is 0.0187. The van der Waals surface area contributed by atoms with Gasteiger partial charge in [0.25, 0.3) is 5.91 Å². The molecule has 9 heteroatoms. The van der Waals surface area contributed by atoms with Crippen LogP contribution in [0.5, 0.6) is 5.88 Å². The number of hydrazone groups is 1.